The number of hydrogen-bond acceptors (Lipinski definition) is 5. The van der Waals surface area contributed by atoms with Crippen LogP contribution in [-0.2, 0) is 0 Å². The molecule has 0 spiro atoms. The van der Waals surface area contributed by atoms with Crippen molar-refractivity contribution in [2.45, 2.75) is 12.8 Å². The highest BCUT2D eigenvalue weighted by Gasteiger charge is 2.32. The molecule has 0 saturated heterocycles. The van der Waals surface area contributed by atoms with Gasteiger partial charge in [-0.3, -0.25) is 0 Å². The van der Waals surface area contributed by atoms with E-state index < -0.39 is 13.1 Å². The number of carbonyl (C=O) groups is 1. The Morgan fingerprint density at radius 1 is 1.47 bits per heavy atom. The minimum Gasteiger partial charge on any atom is -0.531 e. The van der Waals surface area contributed by atoms with Crippen LogP contribution in [0.3, 0.4) is 0 Å². The zero-order chi connectivity index (χ0) is 13.4. The maximum absolute atomic E-state index is 11.4. The number of aromatic carboxylic acids is 1. The maximum atomic E-state index is 11.4. The minimum absolute atomic E-state index is 0.0195. The maximum Gasteiger partial charge on any atom is 0.563 e. The first kappa shape index (κ1) is 12.2. The SMILES string of the molecule is O=C(O)c1c(OCC2CC2)ccc2c1OB(O)CO2. The van der Waals surface area contributed by atoms with E-state index in [1.54, 1.807) is 12.1 Å². The number of rotatable bonds is 4. The van der Waals surface area contributed by atoms with Crippen LogP contribution in [0.1, 0.15) is 23.2 Å². The van der Waals surface area contributed by atoms with Crippen molar-refractivity contribution < 1.29 is 29.1 Å². The Balaban J connectivity index is 1.94. The van der Waals surface area contributed by atoms with E-state index in [4.69, 9.17) is 14.1 Å². The van der Waals surface area contributed by atoms with E-state index in [0.29, 0.717) is 18.3 Å². The number of carboxylic acid groups (broad SMARTS) is 1. The first-order valence-corrected chi connectivity index (χ1v) is 6.16. The number of ether oxygens (including phenoxy) is 2. The molecule has 1 heterocycles. The summed E-state index contributed by atoms with van der Waals surface area (Å²) in [6.07, 6.45) is 2.23. The summed E-state index contributed by atoms with van der Waals surface area (Å²) in [6, 6.07) is 3.15. The van der Waals surface area contributed by atoms with Gasteiger partial charge in [-0.2, -0.15) is 0 Å². The van der Waals surface area contributed by atoms with Crippen molar-refractivity contribution in [3.63, 3.8) is 0 Å². The zero-order valence-corrected chi connectivity index (χ0v) is 10.2. The first-order valence-electron chi connectivity index (χ1n) is 6.16. The van der Waals surface area contributed by atoms with Crippen molar-refractivity contribution in [1.29, 1.82) is 0 Å². The Morgan fingerprint density at radius 3 is 2.95 bits per heavy atom. The molecule has 2 aliphatic rings. The van der Waals surface area contributed by atoms with Gasteiger partial charge >= 0.3 is 13.1 Å². The van der Waals surface area contributed by atoms with Gasteiger partial charge in [0.1, 0.15) is 17.8 Å². The van der Waals surface area contributed by atoms with Crippen LogP contribution in [0.25, 0.3) is 0 Å². The number of carboxylic acids is 1. The molecule has 1 fully saturated rings. The average molecular weight is 264 g/mol. The molecule has 1 aliphatic carbocycles. The molecule has 6 nitrogen and oxygen atoms in total. The average Bonchev–Trinajstić information content (AvgIpc) is 3.18. The van der Waals surface area contributed by atoms with E-state index in [0.717, 1.165) is 12.8 Å². The lowest BCUT2D eigenvalue weighted by Gasteiger charge is -2.23. The van der Waals surface area contributed by atoms with Crippen molar-refractivity contribution >= 4 is 13.1 Å². The van der Waals surface area contributed by atoms with Crippen LogP contribution >= 0.6 is 0 Å². The molecule has 19 heavy (non-hydrogen) atoms. The number of fused-ring (bicyclic) bond motifs is 1. The molecule has 0 amide bonds. The summed E-state index contributed by atoms with van der Waals surface area (Å²) in [5.41, 5.74) is -0.100. The molecule has 0 bridgehead atoms. The number of hydrogen-bond donors (Lipinski definition) is 2. The summed E-state index contributed by atoms with van der Waals surface area (Å²) in [5.74, 6) is -0.0716. The molecule has 100 valence electrons. The van der Waals surface area contributed by atoms with Crippen LogP contribution in [0.5, 0.6) is 17.2 Å². The summed E-state index contributed by atoms with van der Waals surface area (Å²) >= 11 is 0. The fourth-order valence-corrected chi connectivity index (χ4v) is 1.92. The van der Waals surface area contributed by atoms with Crippen LogP contribution in [0.4, 0.5) is 0 Å². The van der Waals surface area contributed by atoms with Gasteiger partial charge in [0.05, 0.1) is 6.61 Å². The molecule has 0 unspecified atom stereocenters. The minimum atomic E-state index is -1.17. The number of benzene rings is 1. The van der Waals surface area contributed by atoms with Crippen molar-refractivity contribution in [2.24, 2.45) is 5.92 Å². The van der Waals surface area contributed by atoms with Gasteiger partial charge in [0.2, 0.25) is 0 Å². The molecular formula is C12H13BO6. The largest absolute Gasteiger partial charge is 0.563 e. The van der Waals surface area contributed by atoms with Crippen molar-refractivity contribution in [3.8, 4) is 17.2 Å². The molecule has 2 N–H and O–H groups in total. The van der Waals surface area contributed by atoms with Gasteiger partial charge in [-0.05, 0) is 30.9 Å². The van der Waals surface area contributed by atoms with Crippen molar-refractivity contribution in [1.82, 2.24) is 0 Å². The third kappa shape index (κ3) is 2.46. The highest BCUT2D eigenvalue weighted by Crippen LogP contribution is 2.40. The van der Waals surface area contributed by atoms with E-state index in [1.807, 2.05) is 0 Å². The third-order valence-corrected chi connectivity index (χ3v) is 3.10. The summed E-state index contributed by atoms with van der Waals surface area (Å²) in [7, 11) is -1.16. The topological polar surface area (TPSA) is 85.2 Å². The molecule has 0 atom stereocenters. The standard InChI is InChI=1S/C12H13BO6/c14-12(15)10-8(17-5-7-1-2-7)3-4-9-11(10)19-13(16)6-18-9/h3-4,7,16H,1-2,5-6H2,(H,14,15). The van der Waals surface area contributed by atoms with E-state index in [1.165, 1.54) is 0 Å². The molecular weight excluding hydrogens is 251 g/mol. The molecule has 1 aliphatic heterocycles. The Morgan fingerprint density at radius 2 is 2.26 bits per heavy atom. The quantitative estimate of drug-likeness (QED) is 0.788. The van der Waals surface area contributed by atoms with Gasteiger partial charge in [-0.1, -0.05) is 0 Å². The second-order valence-corrected chi connectivity index (χ2v) is 4.71. The highest BCUT2D eigenvalue weighted by atomic mass is 16.6. The van der Waals surface area contributed by atoms with Gasteiger partial charge in [0.15, 0.2) is 11.5 Å². The monoisotopic (exact) mass is 264 g/mol. The van der Waals surface area contributed by atoms with Gasteiger partial charge in [0.25, 0.3) is 0 Å². The highest BCUT2D eigenvalue weighted by molar-refractivity contribution is 6.44. The first-order chi connectivity index (χ1) is 9.15. The Kier molecular flexibility index (Phi) is 2.98. The molecule has 1 saturated carbocycles. The Bertz CT molecular complexity index is 513. The van der Waals surface area contributed by atoms with Crippen LogP contribution in [0.2, 0.25) is 0 Å². The molecule has 0 radical (unpaired) electrons. The smallest absolute Gasteiger partial charge is 0.531 e. The summed E-state index contributed by atoms with van der Waals surface area (Å²) in [6.45, 7) is 0.483. The van der Waals surface area contributed by atoms with Gasteiger partial charge in [0, 0.05) is 0 Å². The summed E-state index contributed by atoms with van der Waals surface area (Å²) in [4.78, 5) is 11.4. The predicted octanol–water partition coefficient (Wildman–Crippen LogP) is 0.964. The molecule has 7 heteroatoms. The van der Waals surface area contributed by atoms with Crippen molar-refractivity contribution in [2.75, 3.05) is 13.1 Å². The van der Waals surface area contributed by atoms with E-state index >= 15 is 0 Å². The van der Waals surface area contributed by atoms with Crippen molar-refractivity contribution in [3.05, 3.63) is 17.7 Å². The fourth-order valence-electron chi connectivity index (χ4n) is 1.92. The van der Waals surface area contributed by atoms with Gasteiger partial charge in [-0.15, -0.1) is 0 Å². The lowest BCUT2D eigenvalue weighted by molar-refractivity contribution is 0.0687. The Labute approximate surface area is 110 Å². The second-order valence-electron chi connectivity index (χ2n) is 4.71. The molecule has 1 aromatic rings. The van der Waals surface area contributed by atoms with Crippen LogP contribution in [-0.4, -0.2) is 36.3 Å². The second kappa shape index (κ2) is 4.66. The lowest BCUT2D eigenvalue weighted by Crippen LogP contribution is -2.34. The molecule has 1 aromatic carbocycles. The summed E-state index contributed by atoms with van der Waals surface area (Å²) in [5, 5.41) is 18.7. The predicted molar refractivity (Wildman–Crippen MR) is 65.7 cm³/mol. The van der Waals surface area contributed by atoms with E-state index in [-0.39, 0.29) is 23.6 Å². The molecule has 3 rings (SSSR count). The summed E-state index contributed by atoms with van der Waals surface area (Å²) < 4.78 is 15.9. The van der Waals surface area contributed by atoms with Crippen LogP contribution in [0.15, 0.2) is 12.1 Å². The van der Waals surface area contributed by atoms with Gasteiger partial charge < -0.3 is 24.3 Å². The van der Waals surface area contributed by atoms with Gasteiger partial charge in [-0.25, -0.2) is 4.79 Å². The van der Waals surface area contributed by atoms with Crippen LogP contribution < -0.4 is 14.1 Å². The van der Waals surface area contributed by atoms with E-state index in [9.17, 15) is 14.9 Å². The fraction of sp³-hybridized carbons (Fsp3) is 0.417. The normalized spacial score (nSPS) is 17.2. The third-order valence-electron chi connectivity index (χ3n) is 3.10. The van der Waals surface area contributed by atoms with Crippen LogP contribution in [0, 0.1) is 5.92 Å². The molecule has 0 aromatic heterocycles. The van der Waals surface area contributed by atoms with E-state index in [2.05, 4.69) is 0 Å². The lowest BCUT2D eigenvalue weighted by atomic mass is 9.91. The Hall–Kier alpha value is -1.89. The zero-order valence-electron chi connectivity index (χ0n) is 10.2.